The van der Waals surface area contributed by atoms with Crippen LogP contribution in [0.1, 0.15) is 48.5 Å². The van der Waals surface area contributed by atoms with E-state index in [1.165, 1.54) is 23.0 Å². The normalized spacial score (nSPS) is 15.0. The molecule has 0 saturated heterocycles. The van der Waals surface area contributed by atoms with Crippen LogP contribution in [0.4, 0.5) is 0 Å². The highest BCUT2D eigenvalue weighted by molar-refractivity contribution is 7.98. The summed E-state index contributed by atoms with van der Waals surface area (Å²) in [4.78, 5) is 45.6. The van der Waals surface area contributed by atoms with Gasteiger partial charge in [-0.1, -0.05) is 35.1 Å². The Morgan fingerprint density at radius 2 is 1.86 bits per heavy atom. The molecule has 1 aliphatic rings. The summed E-state index contributed by atoms with van der Waals surface area (Å²) in [7, 11) is 1.30. The van der Waals surface area contributed by atoms with E-state index < -0.39 is 18.0 Å². The fourth-order valence-corrected chi connectivity index (χ4v) is 6.28. The van der Waals surface area contributed by atoms with E-state index in [0.717, 1.165) is 10.5 Å². The molecule has 0 unspecified atom stereocenters. The lowest BCUT2D eigenvalue weighted by molar-refractivity contribution is -0.143. The number of methoxy groups -OCH3 is 1. The molecule has 3 heterocycles. The standard InChI is InChI=1S/C31H27ClN2O6S2/c1-16(2)39-30(37)26-17(3)33-31-34(27(26)18-6-10-21(41-5)11-7-18)28(35)25(42-31)15-20-9-13-24(40-20)23-14-19(32)8-12-22(23)29(36)38-4/h6-16,27H,1-5H3/b25-15-/t27-/m0/s1. The molecule has 216 valence electrons. The number of thioether (sulfide) groups is 1. The number of esters is 2. The van der Waals surface area contributed by atoms with Gasteiger partial charge >= 0.3 is 11.9 Å². The molecular weight excluding hydrogens is 596 g/mol. The van der Waals surface area contributed by atoms with Gasteiger partial charge in [-0.2, -0.15) is 0 Å². The number of halogens is 1. The van der Waals surface area contributed by atoms with Crippen molar-refractivity contribution >= 4 is 52.7 Å². The van der Waals surface area contributed by atoms with Gasteiger partial charge in [-0.15, -0.1) is 11.8 Å². The summed E-state index contributed by atoms with van der Waals surface area (Å²) in [5.41, 5.74) is 2.01. The molecule has 2 aromatic heterocycles. The van der Waals surface area contributed by atoms with Gasteiger partial charge in [0, 0.05) is 21.6 Å². The monoisotopic (exact) mass is 622 g/mol. The largest absolute Gasteiger partial charge is 0.465 e. The number of thiazole rings is 1. The summed E-state index contributed by atoms with van der Waals surface area (Å²) in [5, 5.41) is 0.427. The maximum absolute atomic E-state index is 13.9. The molecule has 0 radical (unpaired) electrons. The van der Waals surface area contributed by atoms with Gasteiger partial charge in [0.1, 0.15) is 11.5 Å². The van der Waals surface area contributed by atoms with Crippen LogP contribution in [0, 0.1) is 0 Å². The molecule has 0 saturated carbocycles. The van der Waals surface area contributed by atoms with Crippen molar-refractivity contribution in [1.82, 2.24) is 4.57 Å². The van der Waals surface area contributed by atoms with Crippen LogP contribution < -0.4 is 14.9 Å². The van der Waals surface area contributed by atoms with Crippen LogP contribution in [-0.4, -0.2) is 36.0 Å². The molecule has 5 rings (SSSR count). The summed E-state index contributed by atoms with van der Waals surface area (Å²) < 4.78 is 18.4. The van der Waals surface area contributed by atoms with E-state index in [9.17, 15) is 14.4 Å². The second-order valence-electron chi connectivity index (χ2n) is 9.69. The highest BCUT2D eigenvalue weighted by Gasteiger charge is 2.33. The van der Waals surface area contributed by atoms with Crippen molar-refractivity contribution in [3.8, 4) is 11.3 Å². The molecule has 1 atom stereocenters. The van der Waals surface area contributed by atoms with Crippen LogP contribution in [0.25, 0.3) is 17.4 Å². The molecule has 1 aliphatic heterocycles. The molecule has 11 heteroatoms. The fraction of sp³-hybridized carbons (Fsp3) is 0.226. The molecule has 42 heavy (non-hydrogen) atoms. The van der Waals surface area contributed by atoms with E-state index in [1.807, 2.05) is 30.5 Å². The van der Waals surface area contributed by atoms with Crippen LogP contribution in [-0.2, 0) is 14.3 Å². The smallest absolute Gasteiger partial charge is 0.338 e. The third kappa shape index (κ3) is 5.74. The third-order valence-corrected chi connectivity index (χ3v) is 8.53. The number of nitrogens with zero attached hydrogens (tertiary/aromatic N) is 2. The van der Waals surface area contributed by atoms with Gasteiger partial charge in [0.25, 0.3) is 5.56 Å². The van der Waals surface area contributed by atoms with Gasteiger partial charge < -0.3 is 13.9 Å². The zero-order valence-corrected chi connectivity index (χ0v) is 25.9. The van der Waals surface area contributed by atoms with Gasteiger partial charge in [0.05, 0.1) is 40.6 Å². The summed E-state index contributed by atoms with van der Waals surface area (Å²) in [6.07, 6.45) is 3.26. The van der Waals surface area contributed by atoms with Gasteiger partial charge in [0.2, 0.25) is 0 Å². The Kier molecular flexibility index (Phi) is 8.58. The Balaban J connectivity index is 1.63. The Labute approximate surface area is 254 Å². The van der Waals surface area contributed by atoms with Crippen LogP contribution in [0.2, 0.25) is 5.02 Å². The van der Waals surface area contributed by atoms with Gasteiger partial charge in [-0.05, 0) is 75.1 Å². The van der Waals surface area contributed by atoms with Crippen molar-refractivity contribution in [1.29, 1.82) is 0 Å². The zero-order chi connectivity index (χ0) is 30.1. The highest BCUT2D eigenvalue weighted by atomic mass is 35.5. The van der Waals surface area contributed by atoms with E-state index >= 15 is 0 Å². The number of aromatic nitrogens is 1. The number of fused-ring (bicyclic) bond motifs is 1. The van der Waals surface area contributed by atoms with Crippen molar-refractivity contribution in [2.24, 2.45) is 4.99 Å². The zero-order valence-electron chi connectivity index (χ0n) is 23.5. The first kappa shape index (κ1) is 29.6. The average molecular weight is 623 g/mol. The molecule has 2 aromatic carbocycles. The minimum absolute atomic E-state index is 0.297. The molecule has 0 N–H and O–H groups in total. The second-order valence-corrected chi connectivity index (χ2v) is 12.0. The molecule has 0 spiro atoms. The molecule has 4 aromatic rings. The van der Waals surface area contributed by atoms with E-state index in [4.69, 9.17) is 25.5 Å². The number of furan rings is 1. The van der Waals surface area contributed by atoms with Crippen molar-refractivity contribution < 1.29 is 23.5 Å². The Morgan fingerprint density at radius 3 is 2.52 bits per heavy atom. The second kappa shape index (κ2) is 12.2. The third-order valence-electron chi connectivity index (χ3n) is 6.57. The van der Waals surface area contributed by atoms with Crippen molar-refractivity contribution in [2.75, 3.05) is 13.4 Å². The van der Waals surface area contributed by atoms with Crippen molar-refractivity contribution in [3.63, 3.8) is 0 Å². The van der Waals surface area contributed by atoms with Gasteiger partial charge in [-0.3, -0.25) is 9.36 Å². The number of carbonyl (C=O) groups excluding carboxylic acids is 2. The van der Waals surface area contributed by atoms with E-state index in [2.05, 4.69) is 4.99 Å². The number of rotatable bonds is 7. The van der Waals surface area contributed by atoms with E-state index in [1.54, 1.807) is 68.9 Å². The first-order chi connectivity index (χ1) is 20.1. The fourth-order valence-electron chi connectivity index (χ4n) is 4.67. The van der Waals surface area contributed by atoms with E-state index in [-0.39, 0.29) is 11.7 Å². The lowest BCUT2D eigenvalue weighted by atomic mass is 9.96. The molecular formula is C31H27ClN2O6S2. The van der Waals surface area contributed by atoms with Gasteiger partial charge in [-0.25, -0.2) is 14.6 Å². The Hall–Kier alpha value is -3.86. The minimum atomic E-state index is -0.716. The number of hydrogen-bond acceptors (Lipinski definition) is 9. The maximum Gasteiger partial charge on any atom is 0.338 e. The number of allylic oxidation sites excluding steroid dienone is 1. The first-order valence-electron chi connectivity index (χ1n) is 13.0. The Morgan fingerprint density at radius 1 is 1.12 bits per heavy atom. The molecule has 0 bridgehead atoms. The van der Waals surface area contributed by atoms with E-state index in [0.29, 0.717) is 48.3 Å². The minimum Gasteiger partial charge on any atom is -0.465 e. The molecule has 0 amide bonds. The topological polar surface area (TPSA) is 100 Å². The predicted molar refractivity (Wildman–Crippen MR) is 164 cm³/mol. The van der Waals surface area contributed by atoms with Crippen molar-refractivity contribution in [3.05, 3.63) is 107 Å². The molecule has 8 nitrogen and oxygen atoms in total. The first-order valence-corrected chi connectivity index (χ1v) is 15.4. The number of carbonyl (C=O) groups is 2. The lowest BCUT2D eigenvalue weighted by Crippen LogP contribution is -2.40. The maximum atomic E-state index is 13.9. The predicted octanol–water partition coefficient (Wildman–Crippen LogP) is 5.61. The van der Waals surface area contributed by atoms with Gasteiger partial charge in [0.15, 0.2) is 4.80 Å². The molecule has 0 fully saturated rings. The quantitative estimate of drug-likeness (QED) is 0.195. The van der Waals surface area contributed by atoms with Crippen LogP contribution in [0.3, 0.4) is 0 Å². The summed E-state index contributed by atoms with van der Waals surface area (Å²) >= 11 is 8.99. The summed E-state index contributed by atoms with van der Waals surface area (Å²) in [5.74, 6) is -0.265. The number of benzene rings is 2. The average Bonchev–Trinajstić information content (AvgIpc) is 3.55. The highest BCUT2D eigenvalue weighted by Crippen LogP contribution is 2.32. The Bertz CT molecular complexity index is 1900. The lowest BCUT2D eigenvalue weighted by Gasteiger charge is -2.25. The van der Waals surface area contributed by atoms with Crippen LogP contribution >= 0.6 is 34.7 Å². The number of ether oxygens (including phenoxy) is 2. The summed E-state index contributed by atoms with van der Waals surface area (Å²) in [6, 6.07) is 15.2. The van der Waals surface area contributed by atoms with Crippen LogP contribution in [0.5, 0.6) is 0 Å². The number of hydrogen-bond donors (Lipinski definition) is 0. The van der Waals surface area contributed by atoms with Crippen LogP contribution in [0.15, 0.2) is 85.0 Å². The SMILES string of the molecule is COC(=O)c1ccc(Cl)cc1-c1ccc(/C=c2\sc3n(c2=O)[C@@H](c2ccc(SC)cc2)C(C(=O)OC(C)C)=C(C)N=3)o1. The summed E-state index contributed by atoms with van der Waals surface area (Å²) in [6.45, 7) is 5.31. The van der Waals surface area contributed by atoms with Crippen molar-refractivity contribution in [2.45, 2.75) is 37.8 Å². The molecule has 0 aliphatic carbocycles.